The number of halogens is 4. The molecule has 2 fully saturated rings. The largest absolute Gasteiger partial charge is 0.417 e. The van der Waals surface area contributed by atoms with Gasteiger partial charge in [0, 0.05) is 81.0 Å². The lowest BCUT2D eigenvalue weighted by molar-refractivity contribution is -0.144. The Bertz CT molecular complexity index is 2960. The Labute approximate surface area is 436 Å². The van der Waals surface area contributed by atoms with Crippen LogP contribution in [0.25, 0.3) is 21.6 Å². The number of benzene rings is 3. The number of anilines is 2. The maximum Gasteiger partial charge on any atom is 0.417 e. The van der Waals surface area contributed by atoms with E-state index in [1.165, 1.54) is 23.1 Å². The average Bonchev–Trinajstić information content (AvgIpc) is 3.98. The second kappa shape index (κ2) is 23.3. The van der Waals surface area contributed by atoms with Gasteiger partial charge >= 0.3 is 6.18 Å². The lowest BCUT2D eigenvalue weighted by Gasteiger charge is -2.44. The number of pyridine rings is 1. The van der Waals surface area contributed by atoms with Gasteiger partial charge in [0.15, 0.2) is 0 Å². The SMILES string of the molecule is Cc1ncsc1-c1ccc(CNC(=O)[C@@H]2C[C@@H](O)CN2C(=O)C(NC(=O)CCCCNC(=O)c2ccc(F)c(-c3ccc(N4C[C@@H](C)N(C)[C@@H](C)C4)c(NC(=O)c4c[nH]c(=O)cc4C(F)(F)F)c3)c2)C(C)(C)C)cc1. The topological polar surface area (TPSA) is 209 Å². The van der Waals surface area contributed by atoms with E-state index in [4.69, 9.17) is 0 Å². The normalized spacial score (nSPS) is 18.6. The van der Waals surface area contributed by atoms with Crippen LogP contribution in [-0.2, 0) is 27.1 Å². The highest BCUT2D eigenvalue weighted by molar-refractivity contribution is 7.13. The number of aromatic amines is 1. The van der Waals surface area contributed by atoms with E-state index >= 15 is 4.39 Å². The number of hydrogen-bond donors (Lipinski definition) is 6. The van der Waals surface area contributed by atoms with Crippen molar-refractivity contribution < 1.29 is 46.6 Å². The third kappa shape index (κ3) is 13.5. The van der Waals surface area contributed by atoms with Gasteiger partial charge < -0.3 is 41.2 Å². The molecule has 3 aromatic carbocycles. The molecular weight excluding hydrogens is 995 g/mol. The first-order valence-corrected chi connectivity index (χ1v) is 25.6. The molecular formula is C54H63F4N9O7S. The number of nitrogens with zero attached hydrogens (tertiary/aromatic N) is 4. The molecule has 1 unspecified atom stereocenters. The number of β-amino-alcohol motifs (C(OH)–C–C–N with tert-alkyl or cyclic N) is 1. The summed E-state index contributed by atoms with van der Waals surface area (Å²) in [6.07, 6.45) is -4.54. The van der Waals surface area contributed by atoms with Crippen molar-refractivity contribution in [3.05, 3.63) is 123 Å². The second-order valence-corrected chi connectivity index (χ2v) is 21.3. The minimum absolute atomic E-state index is 0.00483. The Kier molecular flexibility index (Phi) is 17.3. The Balaban J connectivity index is 0.958. The molecule has 6 N–H and O–H groups in total. The first kappa shape index (κ1) is 55.8. The van der Waals surface area contributed by atoms with Gasteiger partial charge in [-0.25, -0.2) is 9.37 Å². The number of likely N-dealkylation sites (N-methyl/N-ethyl adjacent to an activating group) is 1. The van der Waals surface area contributed by atoms with E-state index in [9.17, 15) is 47.0 Å². The molecule has 2 aliphatic heterocycles. The number of carbonyl (C=O) groups excluding carboxylic acids is 5. The van der Waals surface area contributed by atoms with Crippen LogP contribution in [0.3, 0.4) is 0 Å². The fourth-order valence-electron chi connectivity index (χ4n) is 9.38. The maximum atomic E-state index is 15.7. The van der Waals surface area contributed by atoms with Crippen molar-refractivity contribution in [2.24, 2.45) is 5.41 Å². The van der Waals surface area contributed by atoms with Gasteiger partial charge in [0.05, 0.1) is 44.7 Å². The summed E-state index contributed by atoms with van der Waals surface area (Å²) in [4.78, 5) is 92.8. The molecule has 2 aromatic heterocycles. The zero-order valence-electron chi connectivity index (χ0n) is 42.9. The predicted octanol–water partition coefficient (Wildman–Crippen LogP) is 7.12. The van der Waals surface area contributed by atoms with Gasteiger partial charge in [-0.2, -0.15) is 13.2 Å². The molecule has 0 bridgehead atoms. The van der Waals surface area contributed by atoms with E-state index in [0.29, 0.717) is 43.9 Å². The van der Waals surface area contributed by atoms with Gasteiger partial charge in [-0.3, -0.25) is 33.7 Å². The predicted molar refractivity (Wildman–Crippen MR) is 279 cm³/mol. The van der Waals surface area contributed by atoms with Crippen LogP contribution in [0.4, 0.5) is 28.9 Å². The Morgan fingerprint density at radius 3 is 2.24 bits per heavy atom. The average molecular weight is 1060 g/mol. The number of alkyl halides is 3. The van der Waals surface area contributed by atoms with Crippen LogP contribution < -0.4 is 31.7 Å². The molecule has 75 heavy (non-hydrogen) atoms. The summed E-state index contributed by atoms with van der Waals surface area (Å²) < 4.78 is 57.7. The highest BCUT2D eigenvalue weighted by Crippen LogP contribution is 2.37. The van der Waals surface area contributed by atoms with Crippen LogP contribution in [0.1, 0.15) is 97.8 Å². The molecule has 5 atom stereocenters. The first-order valence-electron chi connectivity index (χ1n) is 24.7. The van der Waals surface area contributed by atoms with Crippen molar-refractivity contribution >= 4 is 52.2 Å². The number of aliphatic hydroxyl groups is 1. The van der Waals surface area contributed by atoms with Crippen molar-refractivity contribution in [2.45, 2.75) is 110 Å². The van der Waals surface area contributed by atoms with Crippen molar-refractivity contribution in [3.63, 3.8) is 0 Å². The molecule has 0 radical (unpaired) electrons. The van der Waals surface area contributed by atoms with E-state index in [-0.39, 0.29) is 66.9 Å². The number of piperazine rings is 1. The standard InChI is InChI=1S/C54H63F4N9O7S/c1-30-26-66(27-31(2)65(30)7)43-18-16-35(21-42(43)63-50(72)39-25-60-46(70)23-40(39)54(56,57)58)38-20-36(15-17-41(38)55)49(71)59-19-9-8-10-45(69)64-48(53(4,5)6)52(74)67-28-37(68)22-44(67)51(73)61-24-33-11-13-34(14-12-33)47-32(3)62-29-75-47/h11-18,20-21,23,25,29-31,37,44,48,68H,8-10,19,22,24,26-28H2,1-7H3,(H,59,71)(H,60,70)(H,61,73)(H,63,72)(H,64,69)/t30-,31+,37-,44+,48?/m1/s1. The third-order valence-corrected chi connectivity index (χ3v) is 14.8. The fraction of sp³-hybridized carbons (Fsp3) is 0.426. The van der Waals surface area contributed by atoms with Gasteiger partial charge in [0.1, 0.15) is 17.9 Å². The first-order chi connectivity index (χ1) is 35.4. The minimum atomic E-state index is -5.02. The van der Waals surface area contributed by atoms with Gasteiger partial charge in [-0.15, -0.1) is 11.3 Å². The highest BCUT2D eigenvalue weighted by atomic mass is 32.1. The van der Waals surface area contributed by atoms with Gasteiger partial charge in [-0.1, -0.05) is 51.1 Å². The lowest BCUT2D eigenvalue weighted by atomic mass is 9.85. The van der Waals surface area contributed by atoms with Crippen molar-refractivity contribution in [1.29, 1.82) is 0 Å². The molecule has 2 saturated heterocycles. The summed E-state index contributed by atoms with van der Waals surface area (Å²) in [5, 5.41) is 21.7. The number of unbranched alkanes of at least 4 members (excludes halogenated alkanes) is 1. The molecule has 0 aliphatic carbocycles. The molecule has 16 nitrogen and oxygen atoms in total. The number of carbonyl (C=O) groups is 5. The zero-order chi connectivity index (χ0) is 54.5. The fourth-order valence-corrected chi connectivity index (χ4v) is 10.2. The molecule has 5 aromatic rings. The summed E-state index contributed by atoms with van der Waals surface area (Å²) in [7, 11) is 1.98. The summed E-state index contributed by atoms with van der Waals surface area (Å²) in [5.41, 5.74) is 1.36. The van der Waals surface area contributed by atoms with E-state index < -0.39 is 81.8 Å². The monoisotopic (exact) mass is 1060 g/mol. The minimum Gasteiger partial charge on any atom is -0.391 e. The number of H-pyrrole nitrogens is 1. The molecule has 4 heterocycles. The van der Waals surface area contributed by atoms with Gasteiger partial charge in [0.25, 0.3) is 11.8 Å². The van der Waals surface area contributed by atoms with E-state index in [1.807, 2.05) is 57.0 Å². The number of thiazole rings is 1. The number of aliphatic hydroxyl groups excluding tert-OH is 1. The Morgan fingerprint density at radius 2 is 1.59 bits per heavy atom. The second-order valence-electron chi connectivity index (χ2n) is 20.4. The number of aryl methyl sites for hydroxylation is 1. The number of amides is 5. The van der Waals surface area contributed by atoms with Crippen LogP contribution in [-0.4, -0.2) is 118 Å². The molecule has 0 spiro atoms. The summed E-state index contributed by atoms with van der Waals surface area (Å²) in [5.74, 6) is -3.76. The summed E-state index contributed by atoms with van der Waals surface area (Å²) in [6.45, 7) is 12.6. The van der Waals surface area contributed by atoms with Crippen LogP contribution in [0.5, 0.6) is 0 Å². The number of hydrogen-bond acceptors (Lipinski definition) is 11. The molecule has 2 aliphatic rings. The van der Waals surface area contributed by atoms with Crippen LogP contribution >= 0.6 is 11.3 Å². The maximum absolute atomic E-state index is 15.7. The smallest absolute Gasteiger partial charge is 0.391 e. The number of rotatable bonds is 16. The van der Waals surface area contributed by atoms with Crippen LogP contribution in [0, 0.1) is 18.2 Å². The van der Waals surface area contributed by atoms with Gasteiger partial charge in [0.2, 0.25) is 23.3 Å². The number of likely N-dealkylation sites (tertiary alicyclic amines) is 1. The van der Waals surface area contributed by atoms with E-state index in [1.54, 1.807) is 49.8 Å². The lowest BCUT2D eigenvalue weighted by Crippen LogP contribution is -2.57. The quantitative estimate of drug-likeness (QED) is 0.0436. The van der Waals surface area contributed by atoms with Crippen LogP contribution in [0.15, 0.2) is 83.2 Å². The van der Waals surface area contributed by atoms with Crippen LogP contribution in [0.2, 0.25) is 0 Å². The third-order valence-electron chi connectivity index (χ3n) is 13.8. The highest BCUT2D eigenvalue weighted by Gasteiger charge is 2.44. The number of nitrogens with one attached hydrogen (secondary N) is 5. The molecule has 0 saturated carbocycles. The molecule has 400 valence electrons. The summed E-state index contributed by atoms with van der Waals surface area (Å²) >= 11 is 1.54. The summed E-state index contributed by atoms with van der Waals surface area (Å²) in [6, 6.07) is 14.6. The van der Waals surface area contributed by atoms with Crippen molar-refractivity contribution in [1.82, 2.24) is 35.7 Å². The van der Waals surface area contributed by atoms with Crippen molar-refractivity contribution in [3.8, 4) is 21.6 Å². The van der Waals surface area contributed by atoms with Gasteiger partial charge in [-0.05, 0) is 93.1 Å². The zero-order valence-corrected chi connectivity index (χ0v) is 43.7. The number of aromatic nitrogens is 2. The Hall–Kier alpha value is -6.97. The molecule has 5 amide bonds. The molecule has 7 rings (SSSR count). The van der Waals surface area contributed by atoms with Crippen molar-refractivity contribution in [2.75, 3.05) is 43.4 Å². The van der Waals surface area contributed by atoms with E-state index in [0.717, 1.165) is 27.8 Å². The molecule has 21 heteroatoms. The van der Waals surface area contributed by atoms with E-state index in [2.05, 4.69) is 36.1 Å². The Morgan fingerprint density at radius 1 is 0.893 bits per heavy atom.